The largest absolute Gasteiger partial charge is 0.296 e. The third-order valence-electron chi connectivity index (χ3n) is 4.47. The Morgan fingerprint density at radius 1 is 1.10 bits per heavy atom. The summed E-state index contributed by atoms with van der Waals surface area (Å²) in [5.41, 5.74) is 0.622. The smallest absolute Gasteiger partial charge is 0.278 e. The van der Waals surface area contributed by atoms with Crippen LogP contribution in [0.4, 0.5) is 13.9 Å². The number of amides is 1. The number of carbonyl (C=O) groups is 1. The van der Waals surface area contributed by atoms with Gasteiger partial charge in [-0.15, -0.1) is 11.3 Å². The molecule has 2 heterocycles. The summed E-state index contributed by atoms with van der Waals surface area (Å²) >= 11 is 1.14. The van der Waals surface area contributed by atoms with E-state index in [-0.39, 0.29) is 22.4 Å². The average Bonchev–Trinajstić information content (AvgIpc) is 3.18. The number of anilines is 1. The van der Waals surface area contributed by atoms with Gasteiger partial charge in [0.25, 0.3) is 11.5 Å². The van der Waals surface area contributed by atoms with Gasteiger partial charge < -0.3 is 0 Å². The Kier molecular flexibility index (Phi) is 5.13. The molecule has 1 N–H and O–H groups in total. The summed E-state index contributed by atoms with van der Waals surface area (Å²) in [6.45, 7) is 3.61. The molecule has 0 atom stereocenters. The van der Waals surface area contributed by atoms with Gasteiger partial charge in [-0.2, -0.15) is 5.10 Å². The van der Waals surface area contributed by atoms with Gasteiger partial charge in [0.1, 0.15) is 0 Å². The second-order valence-corrected chi connectivity index (χ2v) is 7.72. The van der Waals surface area contributed by atoms with E-state index in [9.17, 15) is 18.4 Å². The molecule has 6 nitrogen and oxygen atoms in total. The van der Waals surface area contributed by atoms with Crippen molar-refractivity contribution in [3.63, 3.8) is 0 Å². The van der Waals surface area contributed by atoms with Crippen LogP contribution < -0.4 is 10.9 Å². The van der Waals surface area contributed by atoms with Crippen molar-refractivity contribution in [3.8, 4) is 11.3 Å². The Morgan fingerprint density at radius 3 is 2.53 bits per heavy atom. The predicted molar refractivity (Wildman–Crippen MR) is 112 cm³/mol. The molecule has 0 radical (unpaired) electrons. The zero-order valence-corrected chi connectivity index (χ0v) is 16.8. The SMILES string of the molecule is CC(C)n1nc(C(=O)Nc2nc(-c3ccc(F)c(F)c3)cs2)c2ccccc2c1=O. The van der Waals surface area contributed by atoms with E-state index in [1.165, 1.54) is 10.7 Å². The molecule has 2 aromatic heterocycles. The Balaban J connectivity index is 1.69. The molecule has 0 aliphatic carbocycles. The second-order valence-electron chi connectivity index (χ2n) is 6.86. The zero-order valence-electron chi connectivity index (χ0n) is 16.0. The lowest BCUT2D eigenvalue weighted by Crippen LogP contribution is -2.28. The Hall–Kier alpha value is -3.46. The fourth-order valence-electron chi connectivity index (χ4n) is 3.00. The maximum atomic E-state index is 13.5. The van der Waals surface area contributed by atoms with Crippen molar-refractivity contribution < 1.29 is 13.6 Å². The standard InChI is InChI=1S/C21H16F2N4O2S/c1-11(2)27-20(29)14-6-4-3-5-13(14)18(26-27)19(28)25-21-24-17(10-30-21)12-7-8-15(22)16(23)9-12/h3-11H,1-2H3,(H,24,25,28). The highest BCUT2D eigenvalue weighted by Gasteiger charge is 2.19. The molecule has 0 aliphatic heterocycles. The molecule has 0 spiro atoms. The van der Waals surface area contributed by atoms with Crippen molar-refractivity contribution in [1.82, 2.24) is 14.8 Å². The van der Waals surface area contributed by atoms with Crippen LogP contribution in [0.3, 0.4) is 0 Å². The molecule has 4 rings (SSSR count). The van der Waals surface area contributed by atoms with E-state index in [0.29, 0.717) is 22.0 Å². The van der Waals surface area contributed by atoms with E-state index in [0.717, 1.165) is 23.5 Å². The van der Waals surface area contributed by atoms with Gasteiger partial charge >= 0.3 is 0 Å². The number of thiazole rings is 1. The number of hydrogen-bond donors (Lipinski definition) is 1. The van der Waals surface area contributed by atoms with E-state index in [4.69, 9.17) is 0 Å². The third kappa shape index (κ3) is 3.59. The highest BCUT2D eigenvalue weighted by Crippen LogP contribution is 2.27. The number of rotatable bonds is 4. The minimum atomic E-state index is -0.974. The molecule has 30 heavy (non-hydrogen) atoms. The van der Waals surface area contributed by atoms with Gasteiger partial charge in [0.05, 0.1) is 17.1 Å². The number of nitrogens with zero attached hydrogens (tertiary/aromatic N) is 3. The van der Waals surface area contributed by atoms with Gasteiger partial charge in [0.2, 0.25) is 0 Å². The van der Waals surface area contributed by atoms with Gasteiger partial charge in [0.15, 0.2) is 22.5 Å². The first-order chi connectivity index (χ1) is 14.3. The van der Waals surface area contributed by atoms with Crippen LogP contribution in [0.1, 0.15) is 30.4 Å². The first-order valence-corrected chi connectivity index (χ1v) is 9.97. The molecule has 4 aromatic rings. The first kappa shape index (κ1) is 19.8. The van der Waals surface area contributed by atoms with Gasteiger partial charge in [-0.3, -0.25) is 14.9 Å². The number of benzene rings is 2. The van der Waals surface area contributed by atoms with Crippen LogP contribution in [0, 0.1) is 11.6 Å². The normalized spacial score (nSPS) is 11.2. The topological polar surface area (TPSA) is 76.9 Å². The fraction of sp³-hybridized carbons (Fsp3) is 0.143. The number of fused-ring (bicyclic) bond motifs is 1. The van der Waals surface area contributed by atoms with Crippen LogP contribution in [-0.4, -0.2) is 20.7 Å². The summed E-state index contributed by atoms with van der Waals surface area (Å²) in [6, 6.07) is 10.0. The summed E-state index contributed by atoms with van der Waals surface area (Å²) in [6.07, 6.45) is 0. The highest BCUT2D eigenvalue weighted by atomic mass is 32.1. The molecular formula is C21H16F2N4O2S. The second kappa shape index (κ2) is 7.75. The predicted octanol–water partition coefficient (Wildman–Crippen LogP) is 4.63. The summed E-state index contributed by atoms with van der Waals surface area (Å²) in [5.74, 6) is -2.44. The number of nitrogens with one attached hydrogen (secondary N) is 1. The van der Waals surface area contributed by atoms with Crippen LogP contribution >= 0.6 is 11.3 Å². The number of hydrogen-bond acceptors (Lipinski definition) is 5. The summed E-state index contributed by atoms with van der Waals surface area (Å²) in [4.78, 5) is 29.8. The average molecular weight is 426 g/mol. The van der Waals surface area contributed by atoms with E-state index in [1.54, 1.807) is 43.5 Å². The molecule has 0 saturated carbocycles. The van der Waals surface area contributed by atoms with Crippen LogP contribution in [0.5, 0.6) is 0 Å². The maximum Gasteiger partial charge on any atom is 0.278 e. The summed E-state index contributed by atoms with van der Waals surface area (Å²) in [7, 11) is 0. The lowest BCUT2D eigenvalue weighted by Gasteiger charge is -2.12. The lowest BCUT2D eigenvalue weighted by molar-refractivity contribution is 0.102. The summed E-state index contributed by atoms with van der Waals surface area (Å²) in [5, 5.41) is 9.67. The monoisotopic (exact) mass is 426 g/mol. The van der Waals surface area contributed by atoms with Crippen molar-refractivity contribution in [2.45, 2.75) is 19.9 Å². The molecular weight excluding hydrogens is 410 g/mol. The fourth-order valence-corrected chi connectivity index (χ4v) is 3.71. The maximum absolute atomic E-state index is 13.5. The Labute approximate surface area is 173 Å². The van der Waals surface area contributed by atoms with E-state index in [2.05, 4.69) is 15.4 Å². The molecule has 1 amide bonds. The molecule has 9 heteroatoms. The minimum Gasteiger partial charge on any atom is -0.296 e. The van der Waals surface area contributed by atoms with Crippen LogP contribution in [-0.2, 0) is 0 Å². The molecule has 0 aliphatic rings. The molecule has 0 bridgehead atoms. The van der Waals surface area contributed by atoms with Gasteiger partial charge in [0, 0.05) is 16.3 Å². The lowest BCUT2D eigenvalue weighted by atomic mass is 10.1. The highest BCUT2D eigenvalue weighted by molar-refractivity contribution is 7.14. The van der Waals surface area contributed by atoms with Crippen LogP contribution in [0.25, 0.3) is 22.0 Å². The minimum absolute atomic E-state index is 0.100. The molecule has 0 saturated heterocycles. The number of carbonyl (C=O) groups excluding carboxylic acids is 1. The van der Waals surface area contributed by atoms with E-state index < -0.39 is 17.5 Å². The van der Waals surface area contributed by atoms with E-state index >= 15 is 0 Å². The van der Waals surface area contributed by atoms with Crippen molar-refractivity contribution in [2.24, 2.45) is 0 Å². The number of halogens is 2. The molecule has 152 valence electrons. The van der Waals surface area contributed by atoms with Gasteiger partial charge in [-0.1, -0.05) is 18.2 Å². The van der Waals surface area contributed by atoms with Crippen molar-refractivity contribution in [1.29, 1.82) is 0 Å². The molecule has 0 fully saturated rings. The van der Waals surface area contributed by atoms with Crippen molar-refractivity contribution >= 4 is 33.1 Å². The Bertz CT molecular complexity index is 1330. The zero-order chi connectivity index (χ0) is 21.4. The Morgan fingerprint density at radius 2 is 1.83 bits per heavy atom. The molecule has 2 aromatic carbocycles. The van der Waals surface area contributed by atoms with Crippen LogP contribution in [0.2, 0.25) is 0 Å². The quantitative estimate of drug-likeness (QED) is 0.516. The third-order valence-corrected chi connectivity index (χ3v) is 5.23. The summed E-state index contributed by atoms with van der Waals surface area (Å²) < 4.78 is 27.9. The number of aromatic nitrogens is 3. The first-order valence-electron chi connectivity index (χ1n) is 9.09. The van der Waals surface area contributed by atoms with E-state index in [1.807, 2.05) is 0 Å². The van der Waals surface area contributed by atoms with Crippen molar-refractivity contribution in [3.05, 3.63) is 75.5 Å². The molecule has 0 unspecified atom stereocenters. The van der Waals surface area contributed by atoms with Crippen molar-refractivity contribution in [2.75, 3.05) is 5.32 Å². The van der Waals surface area contributed by atoms with Gasteiger partial charge in [-0.25, -0.2) is 18.4 Å². The van der Waals surface area contributed by atoms with Crippen LogP contribution in [0.15, 0.2) is 52.6 Å². The van der Waals surface area contributed by atoms with Gasteiger partial charge in [-0.05, 0) is 38.1 Å².